The highest BCUT2D eigenvalue weighted by atomic mass is 19.1. The van der Waals surface area contributed by atoms with Crippen molar-refractivity contribution in [1.29, 1.82) is 0 Å². The zero-order valence-electron chi connectivity index (χ0n) is 20.6. The number of carbonyl (C=O) groups is 4. The van der Waals surface area contributed by atoms with Crippen LogP contribution in [0.4, 0.5) is 18.4 Å². The number of carbonyl (C=O) groups excluding carboxylic acids is 4. The van der Waals surface area contributed by atoms with Crippen LogP contribution in [0.25, 0.3) is 11.0 Å². The molecule has 2 aromatic carbocycles. The summed E-state index contributed by atoms with van der Waals surface area (Å²) < 4.78 is 41.0. The molecule has 0 aliphatic carbocycles. The average molecular weight is 541 g/mol. The van der Waals surface area contributed by atoms with Crippen LogP contribution in [-0.2, 0) is 27.3 Å². The molecule has 14 heteroatoms. The molecule has 0 radical (unpaired) electrons. The summed E-state index contributed by atoms with van der Waals surface area (Å²) in [5.41, 5.74) is -0.639. The Morgan fingerprint density at radius 3 is 2.56 bits per heavy atom. The van der Waals surface area contributed by atoms with Gasteiger partial charge in [0.2, 0.25) is 0 Å². The van der Waals surface area contributed by atoms with E-state index in [4.69, 9.17) is 14.0 Å². The number of benzene rings is 2. The molecule has 0 unspecified atom stereocenters. The number of furan rings is 1. The topological polar surface area (TPSA) is 151 Å². The van der Waals surface area contributed by atoms with Gasteiger partial charge in [-0.3, -0.25) is 19.7 Å². The monoisotopic (exact) mass is 541 g/mol. The molecule has 0 bridgehead atoms. The highest BCUT2D eigenvalue weighted by Crippen LogP contribution is 2.37. The number of imide groups is 1. The van der Waals surface area contributed by atoms with E-state index >= 15 is 4.39 Å². The zero-order chi connectivity index (χ0) is 27.7. The number of rotatable bonds is 5. The van der Waals surface area contributed by atoms with Crippen molar-refractivity contribution in [1.82, 2.24) is 26.3 Å². The first-order valence-electron chi connectivity index (χ1n) is 11.8. The molecule has 6 rings (SSSR count). The van der Waals surface area contributed by atoms with Gasteiger partial charge in [0, 0.05) is 23.6 Å². The van der Waals surface area contributed by atoms with Crippen LogP contribution in [0.15, 0.2) is 34.7 Å². The van der Waals surface area contributed by atoms with Crippen LogP contribution in [0.1, 0.15) is 34.2 Å². The van der Waals surface area contributed by atoms with Gasteiger partial charge in [0.15, 0.2) is 11.6 Å². The first-order chi connectivity index (χ1) is 18.5. The van der Waals surface area contributed by atoms with Crippen LogP contribution in [0, 0.1) is 11.6 Å². The summed E-state index contributed by atoms with van der Waals surface area (Å²) >= 11 is 0. The van der Waals surface area contributed by atoms with Crippen LogP contribution < -0.4 is 26.2 Å². The lowest BCUT2D eigenvalue weighted by atomic mass is 9.90. The number of hydrogen-bond donors (Lipinski definition) is 4. The van der Waals surface area contributed by atoms with Gasteiger partial charge in [0.1, 0.15) is 34.8 Å². The number of hydroxylamine groups is 1. The number of nitrogens with one attached hydrogen (secondary N) is 4. The van der Waals surface area contributed by atoms with Gasteiger partial charge in [-0.15, -0.1) is 0 Å². The highest BCUT2D eigenvalue weighted by molar-refractivity contribution is 6.07. The molecule has 202 valence electrons. The number of nitrogens with zero attached hydrogens (tertiary/aromatic N) is 1. The van der Waals surface area contributed by atoms with Gasteiger partial charge in [0.25, 0.3) is 11.8 Å². The summed E-state index contributed by atoms with van der Waals surface area (Å²) in [6.07, 6.45) is 0. The predicted molar refractivity (Wildman–Crippen MR) is 127 cm³/mol. The van der Waals surface area contributed by atoms with Crippen LogP contribution in [0.5, 0.6) is 5.75 Å². The number of methoxy groups -OCH3 is 1. The molecule has 12 nitrogen and oxygen atoms in total. The van der Waals surface area contributed by atoms with E-state index in [1.54, 1.807) is 6.07 Å². The smallest absolute Gasteiger partial charge is 0.339 e. The molecule has 39 heavy (non-hydrogen) atoms. The van der Waals surface area contributed by atoms with Crippen LogP contribution in [-0.4, -0.2) is 49.0 Å². The Kier molecular flexibility index (Phi) is 5.30. The molecule has 2 fully saturated rings. The van der Waals surface area contributed by atoms with E-state index in [9.17, 15) is 23.6 Å². The Bertz CT molecular complexity index is 1610. The Morgan fingerprint density at radius 1 is 1.08 bits per heavy atom. The van der Waals surface area contributed by atoms with Gasteiger partial charge in [-0.25, -0.2) is 23.9 Å². The molecule has 0 saturated carbocycles. The van der Waals surface area contributed by atoms with Crippen molar-refractivity contribution in [3.8, 4) is 5.75 Å². The van der Waals surface area contributed by atoms with Gasteiger partial charge >= 0.3 is 12.1 Å². The number of amides is 6. The average Bonchev–Trinajstić information content (AvgIpc) is 3.52. The Hall–Kier alpha value is -4.72. The maximum Gasteiger partial charge on any atom is 0.339 e. The summed E-state index contributed by atoms with van der Waals surface area (Å²) in [5, 5.41) is 7.59. The summed E-state index contributed by atoms with van der Waals surface area (Å²) in [4.78, 5) is 56.3. The fourth-order valence-electron chi connectivity index (χ4n) is 5.22. The van der Waals surface area contributed by atoms with Crippen molar-refractivity contribution in [2.45, 2.75) is 24.5 Å². The van der Waals surface area contributed by atoms with Crippen molar-refractivity contribution in [2.24, 2.45) is 0 Å². The van der Waals surface area contributed by atoms with E-state index in [1.165, 1.54) is 37.1 Å². The molecule has 1 aromatic heterocycles. The van der Waals surface area contributed by atoms with Crippen molar-refractivity contribution < 1.29 is 42.0 Å². The van der Waals surface area contributed by atoms with Crippen LogP contribution in [0.3, 0.4) is 0 Å². The molecule has 3 aromatic rings. The molecular formula is C25H21F2N5O7. The van der Waals surface area contributed by atoms with Crippen molar-refractivity contribution in [3.63, 3.8) is 0 Å². The quantitative estimate of drug-likeness (QED) is 0.360. The molecule has 0 spiro atoms. The largest absolute Gasteiger partial charge is 0.494 e. The van der Waals surface area contributed by atoms with E-state index < -0.39 is 46.6 Å². The second-order valence-electron chi connectivity index (χ2n) is 9.72. The van der Waals surface area contributed by atoms with Crippen molar-refractivity contribution >= 4 is 34.8 Å². The third-order valence-corrected chi connectivity index (χ3v) is 7.23. The standard InChI is InChI=1S/C25H21F2N5O7/c1-24(21(34)28-22(35)29-24)13-5-12-6-17(39-16(12)7-14(13)26)25(10-38-31-23(36)30-25)9-32-8-11-3-4-15(37-2)19(27)18(11)20(32)33/h3-7H,8-10H2,1-2H3,(H2,30,31,36)(H2,28,29,34,35)/t24-,25-/m1/s1. The molecule has 2 saturated heterocycles. The molecule has 4 heterocycles. The first-order valence-corrected chi connectivity index (χ1v) is 11.8. The maximum absolute atomic E-state index is 15.2. The Balaban J connectivity index is 1.39. The fourth-order valence-corrected chi connectivity index (χ4v) is 5.22. The molecule has 3 aliphatic rings. The fraction of sp³-hybridized carbons (Fsp3) is 0.280. The van der Waals surface area contributed by atoms with Gasteiger partial charge in [-0.05, 0) is 30.7 Å². The minimum Gasteiger partial charge on any atom is -0.494 e. The lowest BCUT2D eigenvalue weighted by Crippen LogP contribution is -2.62. The maximum atomic E-state index is 15.2. The second-order valence-corrected chi connectivity index (χ2v) is 9.72. The third-order valence-electron chi connectivity index (χ3n) is 7.23. The van der Waals surface area contributed by atoms with Crippen molar-refractivity contribution in [2.75, 3.05) is 20.3 Å². The number of fused-ring (bicyclic) bond motifs is 2. The zero-order valence-corrected chi connectivity index (χ0v) is 20.6. The van der Waals surface area contributed by atoms with E-state index in [-0.39, 0.29) is 47.9 Å². The van der Waals surface area contributed by atoms with E-state index in [2.05, 4.69) is 21.4 Å². The van der Waals surface area contributed by atoms with E-state index in [0.29, 0.717) is 10.9 Å². The van der Waals surface area contributed by atoms with E-state index in [1.807, 2.05) is 0 Å². The van der Waals surface area contributed by atoms with Gasteiger partial charge in [-0.2, -0.15) is 0 Å². The molecule has 3 aliphatic heterocycles. The first kappa shape index (κ1) is 24.6. The Labute approximate surface area is 218 Å². The minimum atomic E-state index is -1.66. The number of ether oxygens (including phenoxy) is 1. The SMILES string of the molecule is COc1ccc2c(c1F)C(=O)N(C[C@]1(c3cc4cc([C@@]5(C)NC(=O)NC5=O)c(F)cc4o3)CONC(=O)N1)C2. The van der Waals surface area contributed by atoms with Crippen LogP contribution in [0.2, 0.25) is 0 Å². The summed E-state index contributed by atoms with van der Waals surface area (Å²) in [6, 6.07) is 5.48. The minimum absolute atomic E-state index is 0.0479. The predicted octanol–water partition coefficient (Wildman–Crippen LogP) is 1.87. The second kappa shape index (κ2) is 8.39. The summed E-state index contributed by atoms with van der Waals surface area (Å²) in [5.74, 6) is -2.89. The van der Waals surface area contributed by atoms with Gasteiger partial charge < -0.3 is 24.7 Å². The molecule has 6 amide bonds. The number of hydrogen-bond acceptors (Lipinski definition) is 7. The lowest BCUT2D eigenvalue weighted by Gasteiger charge is -2.38. The normalized spacial score (nSPS) is 24.4. The summed E-state index contributed by atoms with van der Waals surface area (Å²) in [6.45, 7) is 1.04. The number of urea groups is 2. The Morgan fingerprint density at radius 2 is 1.87 bits per heavy atom. The number of halogens is 2. The van der Waals surface area contributed by atoms with Crippen molar-refractivity contribution in [3.05, 3.63) is 64.4 Å². The third kappa shape index (κ3) is 3.66. The molecule has 2 atom stereocenters. The molecule has 4 N–H and O–H groups in total. The lowest BCUT2D eigenvalue weighted by molar-refractivity contribution is -0.123. The van der Waals surface area contributed by atoms with Gasteiger partial charge in [-0.1, -0.05) is 6.07 Å². The summed E-state index contributed by atoms with van der Waals surface area (Å²) in [7, 11) is 1.29. The van der Waals surface area contributed by atoms with Gasteiger partial charge in [0.05, 0.1) is 19.2 Å². The van der Waals surface area contributed by atoms with E-state index in [0.717, 1.165) is 6.07 Å². The molecular weight excluding hydrogens is 520 g/mol. The highest BCUT2D eigenvalue weighted by Gasteiger charge is 2.47. The van der Waals surface area contributed by atoms with Crippen LogP contribution >= 0.6 is 0 Å².